The van der Waals surface area contributed by atoms with Crippen LogP contribution in [0.2, 0.25) is 0 Å². The van der Waals surface area contributed by atoms with Crippen LogP contribution in [0.5, 0.6) is 0 Å². The first-order chi connectivity index (χ1) is 8.35. The molecule has 0 radical (unpaired) electrons. The van der Waals surface area contributed by atoms with Crippen molar-refractivity contribution in [1.82, 2.24) is 0 Å². The zero-order valence-electron chi connectivity index (χ0n) is 10.9. The number of rotatable bonds is 4. The Hall–Kier alpha value is -0.550. The molecule has 0 spiro atoms. The molecule has 0 N–H and O–H groups in total. The summed E-state index contributed by atoms with van der Waals surface area (Å²) in [4.78, 5) is 0. The Bertz CT molecular complexity index is 255. The van der Waals surface area contributed by atoms with E-state index in [0.29, 0.717) is 6.10 Å². The van der Waals surface area contributed by atoms with E-state index in [1.54, 1.807) is 0 Å². The molecule has 1 heterocycles. The van der Waals surface area contributed by atoms with Crippen LogP contribution in [0.1, 0.15) is 70.6 Å². The lowest BCUT2D eigenvalue weighted by molar-refractivity contribution is 0.0987. The second kappa shape index (κ2) is 6.40. The largest absolute Gasteiger partial charge is 0.378 e. The third-order valence-corrected chi connectivity index (χ3v) is 4.50. The van der Waals surface area contributed by atoms with Crippen molar-refractivity contribution >= 4 is 0 Å². The number of nitrogens with zero attached hydrogens (tertiary/aromatic N) is 1. The molecule has 2 aliphatic rings. The quantitative estimate of drug-likeness (QED) is 0.684. The number of hydrogen-bond donors (Lipinski definition) is 0. The van der Waals surface area contributed by atoms with Gasteiger partial charge < -0.3 is 4.74 Å². The summed E-state index contributed by atoms with van der Waals surface area (Å²) in [6, 6.07) is 2.64. The van der Waals surface area contributed by atoms with Gasteiger partial charge in [0.25, 0.3) is 0 Å². The van der Waals surface area contributed by atoms with Crippen LogP contribution in [-0.2, 0) is 4.74 Å². The van der Waals surface area contributed by atoms with Crippen molar-refractivity contribution in [2.24, 2.45) is 5.41 Å². The van der Waals surface area contributed by atoms with Crippen LogP contribution < -0.4 is 0 Å². The molecule has 1 atom stereocenters. The minimum atomic E-state index is 0.00903. The van der Waals surface area contributed by atoms with E-state index in [1.165, 1.54) is 51.4 Å². The number of hydrogen-bond acceptors (Lipinski definition) is 2. The normalized spacial score (nSPS) is 28.5. The van der Waals surface area contributed by atoms with Crippen LogP contribution in [0.15, 0.2) is 0 Å². The average Bonchev–Trinajstić information content (AvgIpc) is 2.75. The van der Waals surface area contributed by atoms with Gasteiger partial charge in [0.15, 0.2) is 0 Å². The zero-order valence-corrected chi connectivity index (χ0v) is 10.9. The number of ether oxygens (including phenoxy) is 1. The van der Waals surface area contributed by atoms with Gasteiger partial charge in [0.05, 0.1) is 17.6 Å². The molecular formula is C15H25NO. The van der Waals surface area contributed by atoms with Crippen molar-refractivity contribution in [2.75, 3.05) is 6.61 Å². The Balaban J connectivity index is 1.75. The summed E-state index contributed by atoms with van der Waals surface area (Å²) in [5.41, 5.74) is 0.00903. The summed E-state index contributed by atoms with van der Waals surface area (Å²) in [6.45, 7) is 0.952. The van der Waals surface area contributed by atoms with Crippen LogP contribution in [0, 0.1) is 16.7 Å². The van der Waals surface area contributed by atoms with Gasteiger partial charge in [0.1, 0.15) is 0 Å². The summed E-state index contributed by atoms with van der Waals surface area (Å²) in [5.74, 6) is 0. The molecule has 0 amide bonds. The molecule has 0 aromatic rings. The van der Waals surface area contributed by atoms with Gasteiger partial charge in [-0.15, -0.1) is 0 Å². The lowest BCUT2D eigenvalue weighted by Crippen LogP contribution is -2.18. The third kappa shape index (κ3) is 3.71. The van der Waals surface area contributed by atoms with E-state index >= 15 is 0 Å². The molecule has 0 aromatic heterocycles. The molecule has 0 bridgehead atoms. The molecule has 1 saturated heterocycles. The van der Waals surface area contributed by atoms with Gasteiger partial charge >= 0.3 is 0 Å². The highest BCUT2D eigenvalue weighted by Crippen LogP contribution is 2.39. The summed E-state index contributed by atoms with van der Waals surface area (Å²) < 4.78 is 5.65. The highest BCUT2D eigenvalue weighted by atomic mass is 16.5. The van der Waals surface area contributed by atoms with Crippen molar-refractivity contribution in [3.8, 4) is 6.07 Å². The van der Waals surface area contributed by atoms with Crippen LogP contribution in [0.25, 0.3) is 0 Å². The highest BCUT2D eigenvalue weighted by Gasteiger charge is 2.30. The molecule has 2 fully saturated rings. The average molecular weight is 235 g/mol. The number of nitriles is 1. The lowest BCUT2D eigenvalue weighted by atomic mass is 9.77. The first-order valence-electron chi connectivity index (χ1n) is 7.38. The summed E-state index contributed by atoms with van der Waals surface area (Å²) in [5, 5.41) is 9.48. The molecule has 0 aromatic carbocycles. The zero-order chi connectivity index (χ0) is 12.0. The second-order valence-corrected chi connectivity index (χ2v) is 5.83. The minimum absolute atomic E-state index is 0.00903. The molecule has 96 valence electrons. The van der Waals surface area contributed by atoms with Crippen molar-refractivity contribution < 1.29 is 4.74 Å². The van der Waals surface area contributed by atoms with E-state index in [2.05, 4.69) is 6.07 Å². The summed E-state index contributed by atoms with van der Waals surface area (Å²) in [6.07, 6.45) is 13.9. The Morgan fingerprint density at radius 3 is 2.47 bits per heavy atom. The predicted octanol–water partition coefficient (Wildman–Crippen LogP) is 4.20. The fourth-order valence-electron chi connectivity index (χ4n) is 3.36. The lowest BCUT2D eigenvalue weighted by Gasteiger charge is -2.25. The van der Waals surface area contributed by atoms with Crippen molar-refractivity contribution in [3.63, 3.8) is 0 Å². The highest BCUT2D eigenvalue weighted by molar-refractivity contribution is 4.99. The topological polar surface area (TPSA) is 33.0 Å². The third-order valence-electron chi connectivity index (χ3n) is 4.50. The molecule has 1 unspecified atom stereocenters. The summed E-state index contributed by atoms with van der Waals surface area (Å²) >= 11 is 0. The molecule has 1 saturated carbocycles. The fourth-order valence-corrected chi connectivity index (χ4v) is 3.36. The Morgan fingerprint density at radius 1 is 1.12 bits per heavy atom. The maximum Gasteiger partial charge on any atom is 0.0689 e. The van der Waals surface area contributed by atoms with E-state index in [1.807, 2.05) is 0 Å². The predicted molar refractivity (Wildman–Crippen MR) is 68.6 cm³/mol. The molecule has 1 aliphatic carbocycles. The molecule has 2 heteroatoms. The van der Waals surface area contributed by atoms with E-state index in [4.69, 9.17) is 4.74 Å². The van der Waals surface area contributed by atoms with Crippen molar-refractivity contribution in [3.05, 3.63) is 0 Å². The SMILES string of the molecule is N#CC1(CCCC2CCCO2)CCCCCC1. The van der Waals surface area contributed by atoms with Gasteiger partial charge in [-0.2, -0.15) is 5.26 Å². The van der Waals surface area contributed by atoms with Gasteiger partial charge in [-0.05, 0) is 44.9 Å². The molecule has 17 heavy (non-hydrogen) atoms. The first kappa shape index (κ1) is 12.9. The Kier molecular flexibility index (Phi) is 4.86. The van der Waals surface area contributed by atoms with Crippen molar-refractivity contribution in [1.29, 1.82) is 5.26 Å². The van der Waals surface area contributed by atoms with Gasteiger partial charge in [0.2, 0.25) is 0 Å². The van der Waals surface area contributed by atoms with Gasteiger partial charge in [-0.3, -0.25) is 0 Å². The molecular weight excluding hydrogens is 210 g/mol. The van der Waals surface area contributed by atoms with E-state index < -0.39 is 0 Å². The van der Waals surface area contributed by atoms with Gasteiger partial charge in [-0.25, -0.2) is 0 Å². The smallest absolute Gasteiger partial charge is 0.0689 e. The van der Waals surface area contributed by atoms with E-state index in [-0.39, 0.29) is 5.41 Å². The molecule has 1 aliphatic heterocycles. The van der Waals surface area contributed by atoms with E-state index in [9.17, 15) is 5.26 Å². The van der Waals surface area contributed by atoms with Crippen molar-refractivity contribution in [2.45, 2.75) is 76.7 Å². The van der Waals surface area contributed by atoms with Gasteiger partial charge in [0, 0.05) is 6.61 Å². The molecule has 2 rings (SSSR count). The second-order valence-electron chi connectivity index (χ2n) is 5.83. The van der Waals surface area contributed by atoms with Crippen LogP contribution in [0.3, 0.4) is 0 Å². The van der Waals surface area contributed by atoms with E-state index in [0.717, 1.165) is 25.9 Å². The first-order valence-corrected chi connectivity index (χ1v) is 7.38. The summed E-state index contributed by atoms with van der Waals surface area (Å²) in [7, 11) is 0. The van der Waals surface area contributed by atoms with Crippen LogP contribution in [-0.4, -0.2) is 12.7 Å². The maximum absolute atomic E-state index is 9.48. The standard InChI is InChI=1S/C15H25NO/c16-13-15(9-3-1-2-4-10-15)11-5-7-14-8-6-12-17-14/h14H,1-12H2. The Labute approximate surface area is 105 Å². The Morgan fingerprint density at radius 2 is 1.88 bits per heavy atom. The maximum atomic E-state index is 9.48. The monoisotopic (exact) mass is 235 g/mol. The molecule has 2 nitrogen and oxygen atoms in total. The van der Waals surface area contributed by atoms with Gasteiger partial charge in [-0.1, -0.05) is 25.7 Å². The fraction of sp³-hybridized carbons (Fsp3) is 0.933. The minimum Gasteiger partial charge on any atom is -0.378 e. The van der Waals surface area contributed by atoms with Crippen LogP contribution >= 0.6 is 0 Å². The van der Waals surface area contributed by atoms with Crippen LogP contribution in [0.4, 0.5) is 0 Å².